The highest BCUT2D eigenvalue weighted by molar-refractivity contribution is 7.25. The van der Waals surface area contributed by atoms with Gasteiger partial charge in [-0.3, -0.25) is 0 Å². The molecule has 268 valence electrons. The van der Waals surface area contributed by atoms with Crippen molar-refractivity contribution in [2.75, 3.05) is 4.90 Å². The molecule has 0 unspecified atom stereocenters. The number of anilines is 3. The van der Waals surface area contributed by atoms with Gasteiger partial charge < -0.3 is 4.90 Å². The summed E-state index contributed by atoms with van der Waals surface area (Å²) < 4.78 is 2.68. The van der Waals surface area contributed by atoms with Gasteiger partial charge in [-0.1, -0.05) is 116 Å². The SMILES string of the molecule is C=C/C=C\C=C(/C)c1ccccc1N(c1ccc(-c2ccc3sc4ccccc4c3c2)cc1)c1ccc2c(c1)-c1ccccc1C21C2CC3CC(C2)CC1C3. The predicted molar refractivity (Wildman–Crippen MR) is 236 cm³/mol. The van der Waals surface area contributed by atoms with Gasteiger partial charge in [-0.25, -0.2) is 0 Å². The predicted octanol–water partition coefficient (Wildman–Crippen LogP) is 15.1. The van der Waals surface area contributed by atoms with Crippen molar-refractivity contribution in [3.8, 4) is 22.3 Å². The molecule has 0 radical (unpaired) electrons. The second-order valence-corrected chi connectivity index (χ2v) is 17.7. The normalized spacial score (nSPS) is 23.5. The van der Waals surface area contributed by atoms with E-state index in [-0.39, 0.29) is 5.41 Å². The van der Waals surface area contributed by atoms with Gasteiger partial charge in [0.2, 0.25) is 0 Å². The maximum absolute atomic E-state index is 3.89. The van der Waals surface area contributed by atoms with Crippen molar-refractivity contribution in [1.82, 2.24) is 0 Å². The first-order valence-electron chi connectivity index (χ1n) is 20.2. The van der Waals surface area contributed by atoms with Gasteiger partial charge in [-0.05, 0) is 150 Å². The number of hydrogen-bond donors (Lipinski definition) is 0. The van der Waals surface area contributed by atoms with Crippen LogP contribution in [0.5, 0.6) is 0 Å². The van der Waals surface area contributed by atoms with E-state index in [2.05, 4.69) is 164 Å². The minimum atomic E-state index is 0.161. The van der Waals surface area contributed by atoms with Crippen molar-refractivity contribution in [1.29, 1.82) is 0 Å². The molecule has 2 heteroatoms. The number of allylic oxidation sites excluding steroid dienone is 5. The van der Waals surface area contributed by atoms with Crippen LogP contribution in [0, 0.1) is 23.7 Å². The highest BCUT2D eigenvalue weighted by Crippen LogP contribution is 2.69. The molecule has 4 saturated carbocycles. The Kier molecular flexibility index (Phi) is 7.68. The van der Waals surface area contributed by atoms with Crippen molar-refractivity contribution in [2.24, 2.45) is 23.7 Å². The summed E-state index contributed by atoms with van der Waals surface area (Å²) >= 11 is 1.87. The van der Waals surface area contributed by atoms with Gasteiger partial charge in [0.15, 0.2) is 0 Å². The average Bonchev–Trinajstić information content (AvgIpc) is 3.73. The Balaban J connectivity index is 1.06. The first-order chi connectivity index (χ1) is 27.1. The number of rotatable bonds is 7. The van der Waals surface area contributed by atoms with Gasteiger partial charge in [0.05, 0.1) is 5.69 Å². The van der Waals surface area contributed by atoms with Crippen LogP contribution < -0.4 is 4.90 Å². The molecule has 1 heterocycles. The molecule has 4 bridgehead atoms. The van der Waals surface area contributed by atoms with Gasteiger partial charge in [0, 0.05) is 42.5 Å². The Morgan fingerprint density at radius 3 is 2.11 bits per heavy atom. The van der Waals surface area contributed by atoms with Gasteiger partial charge in [-0.15, -0.1) is 11.3 Å². The molecule has 0 atom stereocenters. The monoisotopic (exact) mass is 727 g/mol. The van der Waals surface area contributed by atoms with E-state index < -0.39 is 0 Å². The third-order valence-corrected chi connectivity index (χ3v) is 14.9. The van der Waals surface area contributed by atoms with E-state index >= 15 is 0 Å². The third-order valence-electron chi connectivity index (χ3n) is 13.8. The molecular weight excluding hydrogens is 683 g/mol. The first kappa shape index (κ1) is 32.9. The molecule has 12 rings (SSSR count). The van der Waals surface area contributed by atoms with E-state index in [9.17, 15) is 0 Å². The molecule has 0 N–H and O–H groups in total. The second-order valence-electron chi connectivity index (χ2n) is 16.6. The number of para-hydroxylation sites is 1. The fourth-order valence-corrected chi connectivity index (χ4v) is 12.9. The Hall–Kier alpha value is -5.44. The molecule has 0 amide bonds. The molecule has 0 aliphatic heterocycles. The molecule has 55 heavy (non-hydrogen) atoms. The lowest BCUT2D eigenvalue weighted by atomic mass is 9.43. The van der Waals surface area contributed by atoms with Crippen LogP contribution in [0.1, 0.15) is 55.7 Å². The number of hydrogen-bond acceptors (Lipinski definition) is 2. The zero-order chi connectivity index (χ0) is 36.7. The van der Waals surface area contributed by atoms with Crippen LogP contribution in [-0.2, 0) is 5.41 Å². The lowest BCUT2D eigenvalue weighted by Crippen LogP contribution is -2.55. The van der Waals surface area contributed by atoms with Crippen molar-refractivity contribution < 1.29 is 0 Å². The van der Waals surface area contributed by atoms with Crippen molar-refractivity contribution in [2.45, 2.75) is 44.4 Å². The van der Waals surface area contributed by atoms with Crippen LogP contribution in [0.2, 0.25) is 0 Å². The summed E-state index contributed by atoms with van der Waals surface area (Å²) in [6.07, 6.45) is 15.2. The Labute approximate surface area is 329 Å². The fourth-order valence-electron chi connectivity index (χ4n) is 11.8. The van der Waals surface area contributed by atoms with Gasteiger partial charge >= 0.3 is 0 Å². The Morgan fingerprint density at radius 1 is 0.618 bits per heavy atom. The third kappa shape index (κ3) is 5.04. The molecule has 1 nitrogen and oxygen atoms in total. The van der Waals surface area contributed by atoms with E-state index in [0.29, 0.717) is 0 Å². The van der Waals surface area contributed by atoms with Crippen LogP contribution >= 0.6 is 11.3 Å². The van der Waals surface area contributed by atoms with E-state index in [1.165, 1.54) is 97.0 Å². The summed E-state index contributed by atoms with van der Waals surface area (Å²) in [4.78, 5) is 2.49. The van der Waals surface area contributed by atoms with E-state index in [4.69, 9.17) is 0 Å². The van der Waals surface area contributed by atoms with Crippen LogP contribution in [-0.4, -0.2) is 0 Å². The maximum atomic E-state index is 3.89. The smallest absolute Gasteiger partial charge is 0.0536 e. The zero-order valence-corrected chi connectivity index (χ0v) is 32.2. The molecule has 1 aromatic heterocycles. The molecule has 4 fully saturated rings. The van der Waals surface area contributed by atoms with Gasteiger partial charge in [0.1, 0.15) is 0 Å². The summed E-state index contributed by atoms with van der Waals surface area (Å²) in [6, 6.07) is 50.8. The summed E-state index contributed by atoms with van der Waals surface area (Å²) in [7, 11) is 0. The van der Waals surface area contributed by atoms with E-state index in [1.54, 1.807) is 11.1 Å². The van der Waals surface area contributed by atoms with Crippen LogP contribution in [0.25, 0.3) is 48.0 Å². The fraction of sp³-hybridized carbons (Fsp3) is 0.208. The molecule has 6 aromatic carbocycles. The largest absolute Gasteiger partial charge is 0.310 e. The highest BCUT2D eigenvalue weighted by atomic mass is 32.1. The molecule has 0 saturated heterocycles. The summed E-state index contributed by atoms with van der Waals surface area (Å²) in [5.74, 6) is 3.37. The zero-order valence-electron chi connectivity index (χ0n) is 31.4. The van der Waals surface area contributed by atoms with Gasteiger partial charge in [-0.2, -0.15) is 0 Å². The minimum Gasteiger partial charge on any atom is -0.310 e. The average molecular weight is 728 g/mol. The molecular formula is C53H45NS. The lowest BCUT2D eigenvalue weighted by Gasteiger charge is -2.61. The Morgan fingerprint density at radius 2 is 1.29 bits per heavy atom. The number of thiophene rings is 1. The van der Waals surface area contributed by atoms with Crippen LogP contribution in [0.4, 0.5) is 17.1 Å². The summed E-state index contributed by atoms with van der Waals surface area (Å²) in [6.45, 7) is 6.10. The topological polar surface area (TPSA) is 3.24 Å². The highest BCUT2D eigenvalue weighted by Gasteiger charge is 2.61. The van der Waals surface area contributed by atoms with Crippen LogP contribution in [0.15, 0.2) is 164 Å². The lowest BCUT2D eigenvalue weighted by molar-refractivity contribution is -0.0399. The van der Waals surface area contributed by atoms with Crippen molar-refractivity contribution >= 4 is 54.1 Å². The van der Waals surface area contributed by atoms with E-state index in [0.717, 1.165) is 29.4 Å². The standard InChI is InChI=1S/C53H45NS/c1-3-4-5-12-34(2)43-13-7-10-17-50(43)54(41-22-19-37(20-23-41)38-21-26-52-47(32-38)45-15-8-11-18-51(45)55-52)42-24-25-49-46(33-42)44-14-6-9-16-48(44)53(49)39-28-35-27-36(30-39)31-40(53)29-35/h3-26,32-33,35-36,39-40H,1,27-31H2,2H3/b5-4-,34-12+. The summed E-state index contributed by atoms with van der Waals surface area (Å²) in [5, 5.41) is 2.67. The van der Waals surface area contributed by atoms with Crippen molar-refractivity contribution in [3.63, 3.8) is 0 Å². The first-order valence-corrected chi connectivity index (χ1v) is 21.0. The van der Waals surface area contributed by atoms with Crippen LogP contribution in [0.3, 0.4) is 0 Å². The number of nitrogens with zero attached hydrogens (tertiary/aromatic N) is 1. The number of fused-ring (bicyclic) bond motifs is 6. The maximum Gasteiger partial charge on any atom is 0.0536 e. The quantitative estimate of drug-likeness (QED) is 0.148. The Bertz CT molecular complexity index is 2680. The molecule has 5 aliphatic carbocycles. The second kappa shape index (κ2) is 12.8. The minimum absolute atomic E-state index is 0.161. The van der Waals surface area contributed by atoms with Crippen molar-refractivity contribution in [3.05, 3.63) is 181 Å². The van der Waals surface area contributed by atoms with E-state index in [1.807, 2.05) is 23.5 Å². The molecule has 7 aromatic rings. The summed E-state index contributed by atoms with van der Waals surface area (Å²) in [5.41, 5.74) is 14.7. The van der Waals surface area contributed by atoms with Gasteiger partial charge in [0.25, 0.3) is 0 Å². The number of benzene rings is 6. The molecule has 5 aliphatic rings. The molecule has 1 spiro atoms.